The van der Waals surface area contributed by atoms with E-state index in [4.69, 9.17) is 11.5 Å². The van der Waals surface area contributed by atoms with Crippen molar-refractivity contribution in [3.63, 3.8) is 0 Å². The van der Waals surface area contributed by atoms with Crippen LogP contribution in [0.5, 0.6) is 0 Å². The largest absolute Gasteiger partial charge is 0.368 e. The van der Waals surface area contributed by atoms with Crippen molar-refractivity contribution >= 4 is 29.5 Å². The van der Waals surface area contributed by atoms with Crippen molar-refractivity contribution in [2.24, 2.45) is 17.4 Å². The quantitative estimate of drug-likeness (QED) is 0.207. The minimum atomic E-state index is -0.988. The first-order chi connectivity index (χ1) is 19.4. The Balaban J connectivity index is 2.07. The Morgan fingerprint density at radius 2 is 1.34 bits per heavy atom. The highest BCUT2D eigenvalue weighted by Gasteiger charge is 2.31. The first-order valence-electron chi connectivity index (χ1n) is 13.7. The van der Waals surface area contributed by atoms with Gasteiger partial charge in [-0.1, -0.05) is 74.5 Å². The molecule has 2 aromatic carbocycles. The van der Waals surface area contributed by atoms with Crippen LogP contribution < -0.4 is 27.4 Å². The summed E-state index contributed by atoms with van der Waals surface area (Å²) in [6, 6.07) is 14.7. The maximum Gasteiger partial charge on any atom is 0.245 e. The minimum Gasteiger partial charge on any atom is -0.368 e. The molecule has 0 heterocycles. The third-order valence-electron chi connectivity index (χ3n) is 6.56. The summed E-state index contributed by atoms with van der Waals surface area (Å²) in [5, 5.41) is 7.74. The number of carbonyl (C=O) groups is 5. The first kappa shape index (κ1) is 33.0. The van der Waals surface area contributed by atoms with E-state index in [1.54, 1.807) is 0 Å². The van der Waals surface area contributed by atoms with E-state index in [1.165, 1.54) is 18.9 Å². The van der Waals surface area contributed by atoms with Crippen LogP contribution >= 0.6 is 0 Å². The highest BCUT2D eigenvalue weighted by Crippen LogP contribution is 2.11. The zero-order chi connectivity index (χ0) is 30.5. The highest BCUT2D eigenvalue weighted by atomic mass is 16.2. The van der Waals surface area contributed by atoms with Gasteiger partial charge in [-0.05, 0) is 36.8 Å². The number of nitrogens with one attached hydrogen (secondary N) is 3. The molecule has 11 heteroatoms. The predicted octanol–water partition coefficient (Wildman–Crippen LogP) is 0.263. The van der Waals surface area contributed by atoms with Crippen LogP contribution in [0, 0.1) is 5.92 Å². The van der Waals surface area contributed by atoms with E-state index >= 15 is 0 Å². The molecule has 7 N–H and O–H groups in total. The second kappa shape index (κ2) is 16.1. The highest BCUT2D eigenvalue weighted by molar-refractivity contribution is 5.94. The SMILES string of the molecule is CC(C)C[C@H](NC(=O)CNC(=O)[C@H](Cc1ccccc1)N(C)C(=O)[C@H](C)NC(=O)[C@@H](N)Cc1ccccc1)C(N)=O. The van der Waals surface area contributed by atoms with Crippen LogP contribution in [0.15, 0.2) is 60.7 Å². The van der Waals surface area contributed by atoms with Gasteiger partial charge in [-0.15, -0.1) is 0 Å². The van der Waals surface area contributed by atoms with E-state index in [-0.39, 0.29) is 12.3 Å². The second-order valence-corrected chi connectivity index (χ2v) is 10.6. The number of likely N-dealkylation sites (N-methyl/N-ethyl adjacent to an activating group) is 1. The number of benzene rings is 2. The van der Waals surface area contributed by atoms with Gasteiger partial charge in [0, 0.05) is 13.5 Å². The number of nitrogens with zero attached hydrogens (tertiary/aromatic N) is 1. The van der Waals surface area contributed by atoms with E-state index in [1.807, 2.05) is 74.5 Å². The average molecular weight is 567 g/mol. The molecule has 11 nitrogen and oxygen atoms in total. The molecule has 41 heavy (non-hydrogen) atoms. The Morgan fingerprint density at radius 1 is 0.805 bits per heavy atom. The molecule has 0 aliphatic rings. The molecule has 0 unspecified atom stereocenters. The molecule has 222 valence electrons. The molecule has 0 aromatic heterocycles. The summed E-state index contributed by atoms with van der Waals surface area (Å²) in [6.07, 6.45) is 0.835. The minimum absolute atomic E-state index is 0.118. The Morgan fingerprint density at radius 3 is 1.85 bits per heavy atom. The van der Waals surface area contributed by atoms with E-state index < -0.39 is 60.2 Å². The van der Waals surface area contributed by atoms with Crippen LogP contribution in [0.3, 0.4) is 0 Å². The monoisotopic (exact) mass is 566 g/mol. The Bertz CT molecular complexity index is 1170. The van der Waals surface area contributed by atoms with Gasteiger partial charge in [-0.2, -0.15) is 0 Å². The van der Waals surface area contributed by atoms with Gasteiger partial charge in [-0.3, -0.25) is 24.0 Å². The molecule has 5 amide bonds. The Hall–Kier alpha value is -4.25. The summed E-state index contributed by atoms with van der Waals surface area (Å²) in [6.45, 7) is 4.90. The lowest BCUT2D eigenvalue weighted by Crippen LogP contribution is -2.57. The predicted molar refractivity (Wildman–Crippen MR) is 156 cm³/mol. The van der Waals surface area contributed by atoms with E-state index in [9.17, 15) is 24.0 Å². The maximum absolute atomic E-state index is 13.3. The third kappa shape index (κ3) is 11.0. The maximum atomic E-state index is 13.3. The number of hydrogen-bond donors (Lipinski definition) is 5. The normalized spacial score (nSPS) is 13.8. The molecule has 0 spiro atoms. The van der Waals surface area contributed by atoms with Crippen LogP contribution in [0.1, 0.15) is 38.3 Å². The summed E-state index contributed by atoms with van der Waals surface area (Å²) in [5.41, 5.74) is 13.1. The number of primary amides is 1. The summed E-state index contributed by atoms with van der Waals surface area (Å²) in [5.74, 6) is -2.69. The molecule has 0 bridgehead atoms. The van der Waals surface area contributed by atoms with Gasteiger partial charge in [0.05, 0.1) is 12.6 Å². The first-order valence-corrected chi connectivity index (χ1v) is 13.7. The third-order valence-corrected chi connectivity index (χ3v) is 6.56. The zero-order valence-electron chi connectivity index (χ0n) is 24.1. The van der Waals surface area contributed by atoms with Gasteiger partial charge in [0.2, 0.25) is 29.5 Å². The molecule has 0 saturated heterocycles. The summed E-state index contributed by atoms with van der Waals surface area (Å²) >= 11 is 0. The number of rotatable bonds is 15. The lowest BCUT2D eigenvalue weighted by molar-refractivity contribution is -0.141. The summed E-state index contributed by atoms with van der Waals surface area (Å²) < 4.78 is 0. The van der Waals surface area contributed by atoms with Crippen molar-refractivity contribution in [3.05, 3.63) is 71.8 Å². The number of carbonyl (C=O) groups excluding carboxylic acids is 5. The van der Waals surface area contributed by atoms with Crippen molar-refractivity contribution in [3.8, 4) is 0 Å². The number of nitrogens with two attached hydrogens (primary N) is 2. The van der Waals surface area contributed by atoms with Crippen LogP contribution in [-0.4, -0.2) is 72.2 Å². The van der Waals surface area contributed by atoms with Gasteiger partial charge < -0.3 is 32.3 Å². The van der Waals surface area contributed by atoms with E-state index in [0.717, 1.165) is 11.1 Å². The Kier molecular flexibility index (Phi) is 13.0. The smallest absolute Gasteiger partial charge is 0.245 e. The number of hydrogen-bond acceptors (Lipinski definition) is 6. The van der Waals surface area contributed by atoms with Gasteiger partial charge in [0.15, 0.2) is 0 Å². The van der Waals surface area contributed by atoms with E-state index in [0.29, 0.717) is 12.8 Å². The van der Waals surface area contributed by atoms with Crippen LogP contribution in [0.4, 0.5) is 0 Å². The molecule has 0 aliphatic heterocycles. The lowest BCUT2D eigenvalue weighted by Gasteiger charge is -2.30. The molecule has 4 atom stereocenters. The Labute approximate surface area is 241 Å². The summed E-state index contributed by atoms with van der Waals surface area (Å²) in [7, 11) is 1.47. The van der Waals surface area contributed by atoms with Crippen molar-refractivity contribution < 1.29 is 24.0 Å². The van der Waals surface area contributed by atoms with Crippen LogP contribution in [0.2, 0.25) is 0 Å². The second-order valence-electron chi connectivity index (χ2n) is 10.6. The standard InChI is InChI=1S/C30H42N6O5/c1-19(2)15-24(27(32)38)35-26(37)18-33-29(40)25(17-22-13-9-6-10-14-22)36(4)30(41)20(3)34-28(39)23(31)16-21-11-7-5-8-12-21/h5-14,19-20,23-25H,15-18,31H2,1-4H3,(H2,32,38)(H,33,40)(H,34,39)(H,35,37)/t20-,23-,24-,25-/m0/s1. The fourth-order valence-corrected chi connectivity index (χ4v) is 4.29. The lowest BCUT2D eigenvalue weighted by atomic mass is 10.0. The van der Waals surface area contributed by atoms with Gasteiger partial charge in [-0.25, -0.2) is 0 Å². The van der Waals surface area contributed by atoms with Crippen LogP contribution in [0.25, 0.3) is 0 Å². The van der Waals surface area contributed by atoms with Crippen molar-refractivity contribution in [1.29, 1.82) is 0 Å². The molecule has 2 aromatic rings. The van der Waals surface area contributed by atoms with Gasteiger partial charge in [0.25, 0.3) is 0 Å². The summed E-state index contributed by atoms with van der Waals surface area (Å²) in [4.78, 5) is 64.7. The molecular weight excluding hydrogens is 524 g/mol. The van der Waals surface area contributed by atoms with Gasteiger partial charge >= 0.3 is 0 Å². The number of amides is 5. The van der Waals surface area contributed by atoms with E-state index in [2.05, 4.69) is 16.0 Å². The molecule has 2 rings (SSSR count). The molecule has 0 fully saturated rings. The van der Waals surface area contributed by atoms with Crippen LogP contribution in [-0.2, 0) is 36.8 Å². The average Bonchev–Trinajstić information content (AvgIpc) is 2.94. The molecule has 0 saturated carbocycles. The fourth-order valence-electron chi connectivity index (χ4n) is 4.29. The molecule has 0 radical (unpaired) electrons. The topological polar surface area (TPSA) is 177 Å². The van der Waals surface area contributed by atoms with Crippen molar-refractivity contribution in [2.75, 3.05) is 13.6 Å². The zero-order valence-corrected chi connectivity index (χ0v) is 24.1. The van der Waals surface area contributed by atoms with Crippen molar-refractivity contribution in [2.45, 2.75) is 64.2 Å². The van der Waals surface area contributed by atoms with Crippen molar-refractivity contribution in [1.82, 2.24) is 20.9 Å². The molecular formula is C30H42N6O5. The fraction of sp³-hybridized carbons (Fsp3) is 0.433. The van der Waals surface area contributed by atoms with Gasteiger partial charge in [0.1, 0.15) is 18.1 Å². The molecule has 0 aliphatic carbocycles.